The average molecular weight is 298 g/mol. The molecular formula is C16H18N4O2. The van der Waals surface area contributed by atoms with E-state index in [4.69, 9.17) is 4.74 Å². The minimum Gasteiger partial charge on any atom is -0.497 e. The summed E-state index contributed by atoms with van der Waals surface area (Å²) in [6, 6.07) is 7.44. The smallest absolute Gasteiger partial charge is 0.292 e. The molecule has 0 bridgehead atoms. The number of carbonyl (C=O) groups is 1. The van der Waals surface area contributed by atoms with E-state index < -0.39 is 0 Å². The molecule has 0 saturated heterocycles. The van der Waals surface area contributed by atoms with Crippen molar-refractivity contribution in [3.05, 3.63) is 46.8 Å². The average Bonchev–Trinajstić information content (AvgIpc) is 2.99. The molecule has 1 aromatic heterocycles. The van der Waals surface area contributed by atoms with Gasteiger partial charge in [0.1, 0.15) is 5.75 Å². The predicted molar refractivity (Wildman–Crippen MR) is 83.3 cm³/mol. The van der Waals surface area contributed by atoms with Gasteiger partial charge < -0.3 is 4.74 Å². The van der Waals surface area contributed by atoms with Gasteiger partial charge in [0.2, 0.25) is 0 Å². The molecular weight excluding hydrogens is 280 g/mol. The fourth-order valence-corrected chi connectivity index (χ4v) is 2.61. The van der Waals surface area contributed by atoms with Crippen LogP contribution in [0.25, 0.3) is 0 Å². The first-order valence-corrected chi connectivity index (χ1v) is 7.31. The Balaban J connectivity index is 1.67. The van der Waals surface area contributed by atoms with Crippen LogP contribution in [0.3, 0.4) is 0 Å². The van der Waals surface area contributed by atoms with E-state index in [0.29, 0.717) is 5.69 Å². The number of hydrogen-bond acceptors (Lipinski definition) is 4. The molecule has 1 aliphatic rings. The van der Waals surface area contributed by atoms with Gasteiger partial charge in [-0.2, -0.15) is 10.2 Å². The Morgan fingerprint density at radius 1 is 1.41 bits per heavy atom. The standard InChI is InChI=1S/C16H18N4O2/c1-22-12-6-4-5-11(9-12)10-17-20-16(21)15-13-7-2-3-8-14(13)18-19-15/h4-6,9-10H,2-3,7-8H2,1H3,(H,18,19)(H,20,21)/b17-10+. The van der Waals surface area contributed by atoms with Crippen LogP contribution < -0.4 is 10.2 Å². The number of carbonyl (C=O) groups excluding carboxylic acids is 1. The van der Waals surface area contributed by atoms with E-state index in [-0.39, 0.29) is 5.91 Å². The van der Waals surface area contributed by atoms with Gasteiger partial charge in [0.05, 0.1) is 13.3 Å². The molecule has 0 fully saturated rings. The van der Waals surface area contributed by atoms with Gasteiger partial charge in [-0.3, -0.25) is 9.89 Å². The molecule has 2 N–H and O–H groups in total. The molecule has 0 aliphatic heterocycles. The number of nitrogens with one attached hydrogen (secondary N) is 2. The Bertz CT molecular complexity index is 706. The summed E-state index contributed by atoms with van der Waals surface area (Å²) in [5.41, 5.74) is 5.94. The first kappa shape index (κ1) is 14.3. The van der Waals surface area contributed by atoms with E-state index in [1.54, 1.807) is 13.3 Å². The van der Waals surface area contributed by atoms with Crippen LogP contribution >= 0.6 is 0 Å². The number of nitrogens with zero attached hydrogens (tertiary/aromatic N) is 2. The summed E-state index contributed by atoms with van der Waals surface area (Å²) in [5, 5.41) is 11.1. The number of fused-ring (bicyclic) bond motifs is 1. The van der Waals surface area contributed by atoms with Crippen molar-refractivity contribution < 1.29 is 9.53 Å². The van der Waals surface area contributed by atoms with Crippen molar-refractivity contribution in [2.24, 2.45) is 5.10 Å². The second-order valence-corrected chi connectivity index (χ2v) is 5.21. The number of aryl methyl sites for hydroxylation is 1. The quantitative estimate of drug-likeness (QED) is 0.670. The Hall–Kier alpha value is -2.63. The number of rotatable bonds is 4. The lowest BCUT2D eigenvalue weighted by Crippen LogP contribution is -2.20. The maximum atomic E-state index is 12.2. The Labute approximate surface area is 128 Å². The molecule has 0 saturated carbocycles. The SMILES string of the molecule is COc1cccc(/C=N/NC(=O)c2n[nH]c3c2CCCC3)c1. The van der Waals surface area contributed by atoms with Crippen molar-refractivity contribution in [2.75, 3.05) is 7.11 Å². The number of amides is 1. The summed E-state index contributed by atoms with van der Waals surface area (Å²) in [6.45, 7) is 0. The molecule has 6 nitrogen and oxygen atoms in total. The summed E-state index contributed by atoms with van der Waals surface area (Å²) < 4.78 is 5.14. The van der Waals surface area contributed by atoms with Crippen molar-refractivity contribution in [3.63, 3.8) is 0 Å². The van der Waals surface area contributed by atoms with Crippen LogP contribution in [-0.4, -0.2) is 29.4 Å². The molecule has 1 amide bonds. The number of H-pyrrole nitrogens is 1. The molecule has 0 radical (unpaired) electrons. The molecule has 1 heterocycles. The third-order valence-corrected chi connectivity index (χ3v) is 3.74. The lowest BCUT2D eigenvalue weighted by atomic mass is 9.96. The predicted octanol–water partition coefficient (Wildman–Crippen LogP) is 2.06. The van der Waals surface area contributed by atoms with E-state index in [0.717, 1.165) is 48.3 Å². The number of aromatic amines is 1. The van der Waals surface area contributed by atoms with Gasteiger partial charge in [0.15, 0.2) is 5.69 Å². The number of hydrogen-bond donors (Lipinski definition) is 2. The lowest BCUT2D eigenvalue weighted by molar-refractivity contribution is 0.0949. The molecule has 0 unspecified atom stereocenters. The lowest BCUT2D eigenvalue weighted by Gasteiger charge is -2.10. The van der Waals surface area contributed by atoms with E-state index in [1.807, 2.05) is 24.3 Å². The van der Waals surface area contributed by atoms with Gasteiger partial charge in [-0.1, -0.05) is 12.1 Å². The zero-order valence-corrected chi connectivity index (χ0v) is 12.4. The molecule has 22 heavy (non-hydrogen) atoms. The van der Waals surface area contributed by atoms with Crippen LogP contribution in [0.2, 0.25) is 0 Å². The van der Waals surface area contributed by atoms with E-state index in [1.165, 1.54) is 0 Å². The van der Waals surface area contributed by atoms with E-state index in [2.05, 4.69) is 20.7 Å². The highest BCUT2D eigenvalue weighted by atomic mass is 16.5. The van der Waals surface area contributed by atoms with Gasteiger partial charge in [-0.25, -0.2) is 5.43 Å². The molecule has 6 heteroatoms. The molecule has 1 aliphatic carbocycles. The first-order valence-electron chi connectivity index (χ1n) is 7.31. The molecule has 1 aromatic carbocycles. The molecule has 0 atom stereocenters. The van der Waals surface area contributed by atoms with Crippen LogP contribution in [0, 0.1) is 0 Å². The van der Waals surface area contributed by atoms with Crippen molar-refractivity contribution in [1.82, 2.24) is 15.6 Å². The monoisotopic (exact) mass is 298 g/mol. The minimum absolute atomic E-state index is 0.279. The topological polar surface area (TPSA) is 79.4 Å². The zero-order chi connectivity index (χ0) is 15.4. The molecule has 3 rings (SSSR count). The molecule has 114 valence electrons. The van der Waals surface area contributed by atoms with Crippen LogP contribution in [0.1, 0.15) is 40.2 Å². The van der Waals surface area contributed by atoms with Gasteiger partial charge in [-0.15, -0.1) is 0 Å². The second-order valence-electron chi connectivity index (χ2n) is 5.21. The highest BCUT2D eigenvalue weighted by molar-refractivity contribution is 5.94. The summed E-state index contributed by atoms with van der Waals surface area (Å²) >= 11 is 0. The first-order chi connectivity index (χ1) is 10.8. The Morgan fingerprint density at radius 2 is 2.27 bits per heavy atom. The second kappa shape index (κ2) is 6.43. The minimum atomic E-state index is -0.279. The normalized spacial score (nSPS) is 13.9. The number of aromatic nitrogens is 2. The van der Waals surface area contributed by atoms with Gasteiger partial charge in [0.25, 0.3) is 5.91 Å². The van der Waals surface area contributed by atoms with E-state index in [9.17, 15) is 4.79 Å². The van der Waals surface area contributed by atoms with Crippen LogP contribution in [0.15, 0.2) is 29.4 Å². The van der Waals surface area contributed by atoms with Crippen molar-refractivity contribution in [3.8, 4) is 5.75 Å². The Kier molecular flexibility index (Phi) is 4.18. The van der Waals surface area contributed by atoms with Crippen molar-refractivity contribution >= 4 is 12.1 Å². The van der Waals surface area contributed by atoms with Crippen LogP contribution in [0.5, 0.6) is 5.75 Å². The number of hydrazone groups is 1. The van der Waals surface area contributed by atoms with Gasteiger partial charge in [-0.05, 0) is 43.4 Å². The van der Waals surface area contributed by atoms with Crippen LogP contribution in [0.4, 0.5) is 0 Å². The fourth-order valence-electron chi connectivity index (χ4n) is 2.61. The van der Waals surface area contributed by atoms with Gasteiger partial charge >= 0.3 is 0 Å². The number of ether oxygens (including phenoxy) is 1. The van der Waals surface area contributed by atoms with Crippen molar-refractivity contribution in [2.45, 2.75) is 25.7 Å². The third-order valence-electron chi connectivity index (χ3n) is 3.74. The molecule has 0 spiro atoms. The van der Waals surface area contributed by atoms with Gasteiger partial charge in [0, 0.05) is 11.3 Å². The molecule has 2 aromatic rings. The summed E-state index contributed by atoms with van der Waals surface area (Å²) in [7, 11) is 1.61. The maximum Gasteiger partial charge on any atom is 0.292 e. The number of methoxy groups -OCH3 is 1. The summed E-state index contributed by atoms with van der Waals surface area (Å²) in [4.78, 5) is 12.2. The fraction of sp³-hybridized carbons (Fsp3) is 0.312. The summed E-state index contributed by atoms with van der Waals surface area (Å²) in [6.07, 6.45) is 5.68. The van der Waals surface area contributed by atoms with E-state index >= 15 is 0 Å². The van der Waals surface area contributed by atoms with Crippen molar-refractivity contribution in [1.29, 1.82) is 0 Å². The largest absolute Gasteiger partial charge is 0.497 e. The third kappa shape index (κ3) is 3.00. The zero-order valence-electron chi connectivity index (χ0n) is 12.4. The highest BCUT2D eigenvalue weighted by Gasteiger charge is 2.21. The Morgan fingerprint density at radius 3 is 3.14 bits per heavy atom. The maximum absolute atomic E-state index is 12.2. The van der Waals surface area contributed by atoms with Crippen LogP contribution in [-0.2, 0) is 12.8 Å². The highest BCUT2D eigenvalue weighted by Crippen LogP contribution is 2.21. The summed E-state index contributed by atoms with van der Waals surface area (Å²) in [5.74, 6) is 0.468. The number of benzene rings is 1.